The first-order valence-corrected chi connectivity index (χ1v) is 6.81. The van der Waals surface area contributed by atoms with E-state index in [0.29, 0.717) is 0 Å². The molecule has 1 aromatic heterocycles. The molecule has 1 aromatic rings. The van der Waals surface area contributed by atoms with E-state index in [0.717, 1.165) is 18.0 Å². The van der Waals surface area contributed by atoms with Gasteiger partial charge in [-0.05, 0) is 33.8 Å². The minimum atomic E-state index is 0.150. The Morgan fingerprint density at radius 3 is 2.65 bits per heavy atom. The Morgan fingerprint density at radius 2 is 2.18 bits per heavy atom. The van der Waals surface area contributed by atoms with Crippen molar-refractivity contribution >= 4 is 11.8 Å². The van der Waals surface area contributed by atoms with Gasteiger partial charge in [0.1, 0.15) is 0 Å². The van der Waals surface area contributed by atoms with Crippen molar-refractivity contribution in [1.29, 1.82) is 0 Å². The highest BCUT2D eigenvalue weighted by Crippen LogP contribution is 2.20. The average Bonchev–Trinajstić information content (AvgIpc) is 2.50. The fourth-order valence-electron chi connectivity index (χ4n) is 1.34. The Morgan fingerprint density at radius 1 is 1.53 bits per heavy atom. The van der Waals surface area contributed by atoms with Gasteiger partial charge in [0.2, 0.25) is 0 Å². The van der Waals surface area contributed by atoms with Crippen LogP contribution in [-0.2, 0) is 7.05 Å². The molecule has 0 unspecified atom stereocenters. The summed E-state index contributed by atoms with van der Waals surface area (Å²) in [7, 11) is 1.98. The lowest BCUT2D eigenvalue weighted by atomic mass is 10.1. The van der Waals surface area contributed by atoms with E-state index in [1.165, 1.54) is 10.6 Å². The number of aryl methyl sites for hydroxylation is 2. The maximum absolute atomic E-state index is 4.32. The fourth-order valence-corrected chi connectivity index (χ4v) is 2.27. The van der Waals surface area contributed by atoms with E-state index in [4.69, 9.17) is 0 Å². The van der Waals surface area contributed by atoms with Crippen LogP contribution in [0.3, 0.4) is 0 Å². The summed E-state index contributed by atoms with van der Waals surface area (Å²) in [6.45, 7) is 13.5. The largest absolute Gasteiger partial charge is 0.308 e. The molecule has 0 aromatic carbocycles. The maximum atomic E-state index is 4.32. The van der Waals surface area contributed by atoms with Crippen LogP contribution in [0.1, 0.15) is 26.5 Å². The van der Waals surface area contributed by atoms with Crippen molar-refractivity contribution in [3.05, 3.63) is 23.9 Å². The van der Waals surface area contributed by atoms with Gasteiger partial charge in [-0.2, -0.15) is 5.10 Å². The molecule has 1 heterocycles. The molecule has 0 aliphatic carbocycles. The molecule has 0 aliphatic heterocycles. The molecule has 0 fully saturated rings. The normalized spacial score (nSPS) is 11.8. The third kappa shape index (κ3) is 5.41. The van der Waals surface area contributed by atoms with E-state index >= 15 is 0 Å². The van der Waals surface area contributed by atoms with Crippen molar-refractivity contribution < 1.29 is 0 Å². The van der Waals surface area contributed by atoms with Gasteiger partial charge in [-0.25, -0.2) is 0 Å². The van der Waals surface area contributed by atoms with Crippen LogP contribution in [-0.4, -0.2) is 27.6 Å². The lowest BCUT2D eigenvalue weighted by Gasteiger charge is -2.21. The lowest BCUT2D eigenvalue weighted by Crippen LogP contribution is -2.37. The van der Waals surface area contributed by atoms with E-state index in [2.05, 4.69) is 43.8 Å². The zero-order valence-electron chi connectivity index (χ0n) is 11.5. The zero-order valence-corrected chi connectivity index (χ0v) is 12.3. The Bertz CT molecular complexity index is 388. The van der Waals surface area contributed by atoms with Crippen molar-refractivity contribution in [2.24, 2.45) is 7.05 Å². The number of nitrogens with one attached hydrogen (secondary N) is 1. The molecule has 0 amide bonds. The van der Waals surface area contributed by atoms with Gasteiger partial charge in [-0.1, -0.05) is 12.2 Å². The van der Waals surface area contributed by atoms with Crippen LogP contribution in [0.4, 0.5) is 0 Å². The maximum Gasteiger partial charge on any atom is 0.0942 e. The number of rotatable bonds is 5. The summed E-state index contributed by atoms with van der Waals surface area (Å²) in [5.74, 6) is 0.933. The highest BCUT2D eigenvalue weighted by molar-refractivity contribution is 7.99. The quantitative estimate of drug-likeness (QED) is 0.646. The molecule has 0 bridgehead atoms. The van der Waals surface area contributed by atoms with Crippen LogP contribution in [0.25, 0.3) is 0 Å². The number of aromatic nitrogens is 2. The summed E-state index contributed by atoms with van der Waals surface area (Å²) in [4.78, 5) is 0. The number of hydrogen-bond acceptors (Lipinski definition) is 3. The van der Waals surface area contributed by atoms with E-state index in [1.54, 1.807) is 11.8 Å². The van der Waals surface area contributed by atoms with Crippen LogP contribution in [0, 0.1) is 6.92 Å². The van der Waals surface area contributed by atoms with Gasteiger partial charge >= 0.3 is 0 Å². The van der Waals surface area contributed by atoms with E-state index < -0.39 is 0 Å². The van der Waals surface area contributed by atoms with E-state index in [9.17, 15) is 0 Å². The van der Waals surface area contributed by atoms with Crippen molar-refractivity contribution in [2.75, 3.05) is 12.3 Å². The molecular formula is C13H23N3S. The highest BCUT2D eigenvalue weighted by Gasteiger charge is 2.09. The van der Waals surface area contributed by atoms with Crippen molar-refractivity contribution in [2.45, 2.75) is 38.3 Å². The molecule has 0 spiro atoms. The molecule has 17 heavy (non-hydrogen) atoms. The monoisotopic (exact) mass is 253 g/mol. The van der Waals surface area contributed by atoms with Gasteiger partial charge in [-0.15, -0.1) is 11.8 Å². The zero-order chi connectivity index (χ0) is 13.1. The molecular weight excluding hydrogens is 230 g/mol. The van der Waals surface area contributed by atoms with Gasteiger partial charge in [0.15, 0.2) is 0 Å². The Labute approximate surface area is 109 Å². The summed E-state index contributed by atoms with van der Waals surface area (Å²) in [6.07, 6.45) is 0. The molecule has 0 saturated heterocycles. The average molecular weight is 253 g/mol. The van der Waals surface area contributed by atoms with Crippen molar-refractivity contribution in [3.8, 4) is 0 Å². The Kier molecular flexibility index (Phi) is 4.83. The molecule has 3 nitrogen and oxygen atoms in total. The summed E-state index contributed by atoms with van der Waals surface area (Å²) >= 11 is 1.79. The highest BCUT2D eigenvalue weighted by atomic mass is 32.2. The standard InChI is InChI=1S/C13H23N3S/c1-10(8-14-13(3,4)5)9-17-12-7-11(2)15-16(12)6/h7,14H,1,8-9H2,2-6H3. The van der Waals surface area contributed by atoms with Crippen LogP contribution < -0.4 is 5.32 Å². The first-order chi connectivity index (χ1) is 7.78. The van der Waals surface area contributed by atoms with Gasteiger partial charge in [0.05, 0.1) is 10.7 Å². The van der Waals surface area contributed by atoms with Gasteiger partial charge in [0.25, 0.3) is 0 Å². The van der Waals surface area contributed by atoms with Crippen LogP contribution in [0.5, 0.6) is 0 Å². The second-order valence-corrected chi connectivity index (χ2v) is 6.39. The minimum absolute atomic E-state index is 0.150. The Hall–Kier alpha value is -0.740. The van der Waals surface area contributed by atoms with Crippen molar-refractivity contribution in [3.63, 3.8) is 0 Å². The molecule has 0 radical (unpaired) electrons. The summed E-state index contributed by atoms with van der Waals surface area (Å²) < 4.78 is 1.92. The number of nitrogens with zero attached hydrogens (tertiary/aromatic N) is 2. The molecule has 0 aliphatic rings. The minimum Gasteiger partial charge on any atom is -0.308 e. The third-order valence-electron chi connectivity index (χ3n) is 2.25. The predicted molar refractivity (Wildman–Crippen MR) is 75.6 cm³/mol. The third-order valence-corrected chi connectivity index (χ3v) is 3.48. The van der Waals surface area contributed by atoms with Crippen LogP contribution in [0.15, 0.2) is 23.2 Å². The number of thioether (sulfide) groups is 1. The summed E-state index contributed by atoms with van der Waals surface area (Å²) in [6, 6.07) is 2.11. The molecule has 1 rings (SSSR count). The van der Waals surface area contributed by atoms with Crippen LogP contribution >= 0.6 is 11.8 Å². The first-order valence-electron chi connectivity index (χ1n) is 5.83. The molecule has 0 atom stereocenters. The lowest BCUT2D eigenvalue weighted by molar-refractivity contribution is 0.445. The van der Waals surface area contributed by atoms with Crippen LogP contribution in [0.2, 0.25) is 0 Å². The molecule has 96 valence electrons. The van der Waals surface area contributed by atoms with E-state index in [1.807, 2.05) is 18.7 Å². The van der Waals surface area contributed by atoms with E-state index in [-0.39, 0.29) is 5.54 Å². The van der Waals surface area contributed by atoms with Gasteiger partial charge in [-0.3, -0.25) is 4.68 Å². The smallest absolute Gasteiger partial charge is 0.0942 e. The van der Waals surface area contributed by atoms with Crippen molar-refractivity contribution in [1.82, 2.24) is 15.1 Å². The summed E-state index contributed by atoms with van der Waals surface area (Å²) in [5, 5.41) is 8.96. The van der Waals surface area contributed by atoms with Gasteiger partial charge < -0.3 is 5.32 Å². The van der Waals surface area contributed by atoms with Gasteiger partial charge in [0, 0.05) is 24.9 Å². The summed E-state index contributed by atoms with van der Waals surface area (Å²) in [5.41, 5.74) is 2.42. The fraction of sp³-hybridized carbons (Fsp3) is 0.615. The first kappa shape index (κ1) is 14.3. The molecule has 4 heteroatoms. The second-order valence-electron chi connectivity index (χ2n) is 5.39. The molecule has 1 N–H and O–H groups in total. The topological polar surface area (TPSA) is 29.9 Å². The number of hydrogen-bond donors (Lipinski definition) is 1. The second kappa shape index (κ2) is 5.74. The predicted octanol–water partition coefficient (Wildman–Crippen LogP) is 2.76. The SMILES string of the molecule is C=C(CNC(C)(C)C)CSc1cc(C)nn1C. The Balaban J connectivity index is 2.36. The molecule has 0 saturated carbocycles.